The molecule has 0 radical (unpaired) electrons. The van der Waals surface area contributed by atoms with Gasteiger partial charge in [0.25, 0.3) is 0 Å². The number of carbonyl (C=O) groups is 1. The van der Waals surface area contributed by atoms with E-state index in [2.05, 4.69) is 24.4 Å². The van der Waals surface area contributed by atoms with Crippen molar-refractivity contribution in [1.29, 1.82) is 0 Å². The minimum atomic E-state index is 0.01000. The Bertz CT molecular complexity index is 471. The highest BCUT2D eigenvalue weighted by molar-refractivity contribution is 7.99. The van der Waals surface area contributed by atoms with Gasteiger partial charge in [0, 0.05) is 22.6 Å². The maximum atomic E-state index is 12.2. The smallest absolute Gasteiger partial charge is 0.228 e. The summed E-state index contributed by atoms with van der Waals surface area (Å²) in [6.45, 7) is 4.37. The van der Waals surface area contributed by atoms with Gasteiger partial charge in [0.2, 0.25) is 5.91 Å². The molecule has 18 heavy (non-hydrogen) atoms. The predicted octanol–water partition coefficient (Wildman–Crippen LogP) is 2.03. The highest BCUT2D eigenvalue weighted by Crippen LogP contribution is 2.39. The van der Waals surface area contributed by atoms with Gasteiger partial charge in [-0.05, 0) is 11.6 Å². The first-order valence-electron chi connectivity index (χ1n) is 6.25. The van der Waals surface area contributed by atoms with Crippen LogP contribution >= 0.6 is 11.8 Å². The van der Waals surface area contributed by atoms with E-state index < -0.39 is 0 Å². The van der Waals surface area contributed by atoms with Gasteiger partial charge >= 0.3 is 0 Å². The second-order valence-electron chi connectivity index (χ2n) is 5.42. The van der Waals surface area contributed by atoms with Crippen LogP contribution in [0.25, 0.3) is 0 Å². The molecule has 2 heterocycles. The summed E-state index contributed by atoms with van der Waals surface area (Å²) in [6.07, 6.45) is 0. The van der Waals surface area contributed by atoms with Gasteiger partial charge in [0.15, 0.2) is 0 Å². The Labute approximate surface area is 111 Å². The number of hydrogen-bond acceptors (Lipinski definition) is 3. The van der Waals surface area contributed by atoms with E-state index in [-0.39, 0.29) is 17.2 Å². The lowest BCUT2D eigenvalue weighted by molar-refractivity contribution is -0.127. The number of fused-ring (bicyclic) bond motifs is 1. The van der Waals surface area contributed by atoms with Crippen molar-refractivity contribution < 1.29 is 9.53 Å². The van der Waals surface area contributed by atoms with Gasteiger partial charge in [0.1, 0.15) is 0 Å². The van der Waals surface area contributed by atoms with Crippen LogP contribution in [0, 0.1) is 5.41 Å². The molecule has 96 valence electrons. The molecule has 1 aromatic carbocycles. The van der Waals surface area contributed by atoms with Crippen LogP contribution in [0.1, 0.15) is 18.4 Å². The minimum absolute atomic E-state index is 0.01000. The molecule has 3 rings (SSSR count). The van der Waals surface area contributed by atoms with Crippen LogP contribution in [-0.2, 0) is 9.53 Å². The van der Waals surface area contributed by atoms with E-state index in [1.807, 2.05) is 12.1 Å². The van der Waals surface area contributed by atoms with Crippen molar-refractivity contribution in [2.45, 2.75) is 17.7 Å². The molecular weight excluding hydrogens is 246 g/mol. The maximum absolute atomic E-state index is 12.2. The number of benzene rings is 1. The number of nitrogens with one attached hydrogen (secondary N) is 1. The number of rotatable bonds is 3. The lowest BCUT2D eigenvalue weighted by Gasteiger charge is -2.38. The number of carbonyl (C=O) groups excluding carboxylic acids is 1. The SMILES string of the molecule is CC1(CNC(=O)C2CSc3ccccc32)COC1. The van der Waals surface area contributed by atoms with Crippen LogP contribution in [0.3, 0.4) is 0 Å². The number of ether oxygens (including phenoxy) is 1. The normalized spacial score (nSPS) is 24.2. The van der Waals surface area contributed by atoms with Gasteiger partial charge in [-0.2, -0.15) is 0 Å². The van der Waals surface area contributed by atoms with Crippen molar-refractivity contribution in [3.05, 3.63) is 29.8 Å². The van der Waals surface area contributed by atoms with Crippen LogP contribution in [0.4, 0.5) is 0 Å². The number of hydrogen-bond donors (Lipinski definition) is 1. The molecule has 1 unspecified atom stereocenters. The zero-order chi connectivity index (χ0) is 12.6. The molecule has 3 nitrogen and oxygen atoms in total. The van der Waals surface area contributed by atoms with E-state index in [1.165, 1.54) is 10.5 Å². The second kappa shape index (κ2) is 4.59. The fourth-order valence-corrected chi connectivity index (χ4v) is 3.58. The third-order valence-corrected chi connectivity index (χ3v) is 4.79. The fourth-order valence-electron chi connectivity index (χ4n) is 2.36. The Hall–Kier alpha value is -1.00. The summed E-state index contributed by atoms with van der Waals surface area (Å²) in [5.41, 5.74) is 1.32. The average molecular weight is 263 g/mol. The van der Waals surface area contributed by atoms with E-state index in [1.54, 1.807) is 11.8 Å². The Morgan fingerprint density at radius 2 is 2.28 bits per heavy atom. The van der Waals surface area contributed by atoms with E-state index in [0.717, 1.165) is 25.5 Å². The van der Waals surface area contributed by atoms with Crippen LogP contribution < -0.4 is 5.32 Å². The molecule has 4 heteroatoms. The summed E-state index contributed by atoms with van der Waals surface area (Å²) in [5.74, 6) is 1.02. The van der Waals surface area contributed by atoms with Crippen molar-refractivity contribution in [1.82, 2.24) is 5.32 Å². The Morgan fingerprint density at radius 3 is 3.00 bits per heavy atom. The van der Waals surface area contributed by atoms with Crippen molar-refractivity contribution >= 4 is 17.7 Å². The lowest BCUT2D eigenvalue weighted by atomic mass is 9.88. The summed E-state index contributed by atoms with van der Waals surface area (Å²) in [7, 11) is 0. The van der Waals surface area contributed by atoms with Crippen LogP contribution in [0.2, 0.25) is 0 Å². The first-order valence-corrected chi connectivity index (χ1v) is 7.24. The lowest BCUT2D eigenvalue weighted by Crippen LogP contribution is -2.49. The van der Waals surface area contributed by atoms with Crippen LogP contribution in [-0.4, -0.2) is 31.4 Å². The first-order chi connectivity index (χ1) is 8.68. The molecule has 0 bridgehead atoms. The number of thioether (sulfide) groups is 1. The molecule has 2 aliphatic heterocycles. The minimum Gasteiger partial charge on any atom is -0.380 e. The molecule has 1 N–H and O–H groups in total. The quantitative estimate of drug-likeness (QED) is 0.907. The van der Waals surface area contributed by atoms with Gasteiger partial charge in [-0.25, -0.2) is 0 Å². The standard InChI is InChI=1S/C14H17NO2S/c1-14(8-17-9-14)7-15-13(16)11-6-18-12-5-3-2-4-10(11)12/h2-5,11H,6-9H2,1H3,(H,15,16). The fraction of sp³-hybridized carbons (Fsp3) is 0.500. The summed E-state index contributed by atoms with van der Waals surface area (Å²) in [6, 6.07) is 8.19. The largest absolute Gasteiger partial charge is 0.380 e. The molecule has 0 aromatic heterocycles. The molecule has 1 aromatic rings. The highest BCUT2D eigenvalue weighted by atomic mass is 32.2. The molecular formula is C14H17NO2S. The molecule has 1 amide bonds. The van der Waals surface area contributed by atoms with Crippen molar-refractivity contribution in [2.75, 3.05) is 25.5 Å². The van der Waals surface area contributed by atoms with E-state index in [0.29, 0.717) is 0 Å². The summed E-state index contributed by atoms with van der Waals surface area (Å²) < 4.78 is 5.20. The zero-order valence-corrected chi connectivity index (χ0v) is 11.3. The second-order valence-corrected chi connectivity index (χ2v) is 6.48. The zero-order valence-electron chi connectivity index (χ0n) is 10.4. The third-order valence-electron chi connectivity index (χ3n) is 3.61. The van der Waals surface area contributed by atoms with Crippen molar-refractivity contribution in [3.8, 4) is 0 Å². The Morgan fingerprint density at radius 1 is 1.50 bits per heavy atom. The Balaban J connectivity index is 1.64. The topological polar surface area (TPSA) is 38.3 Å². The summed E-state index contributed by atoms with van der Waals surface area (Å²) >= 11 is 1.77. The van der Waals surface area contributed by atoms with Crippen LogP contribution in [0.5, 0.6) is 0 Å². The van der Waals surface area contributed by atoms with Gasteiger partial charge in [-0.15, -0.1) is 11.8 Å². The van der Waals surface area contributed by atoms with Crippen molar-refractivity contribution in [2.24, 2.45) is 5.41 Å². The van der Waals surface area contributed by atoms with Gasteiger partial charge in [-0.1, -0.05) is 25.1 Å². The molecule has 1 fully saturated rings. The monoisotopic (exact) mass is 263 g/mol. The molecule has 1 saturated heterocycles. The van der Waals surface area contributed by atoms with E-state index >= 15 is 0 Å². The van der Waals surface area contributed by atoms with E-state index in [9.17, 15) is 4.79 Å². The van der Waals surface area contributed by atoms with E-state index in [4.69, 9.17) is 4.74 Å². The maximum Gasteiger partial charge on any atom is 0.228 e. The van der Waals surface area contributed by atoms with Gasteiger partial charge in [-0.3, -0.25) is 4.79 Å². The molecule has 0 spiro atoms. The van der Waals surface area contributed by atoms with Gasteiger partial charge < -0.3 is 10.1 Å². The summed E-state index contributed by atoms with van der Waals surface area (Å²) in [4.78, 5) is 13.5. The molecule has 0 saturated carbocycles. The third kappa shape index (κ3) is 2.15. The average Bonchev–Trinajstić information content (AvgIpc) is 2.77. The summed E-state index contributed by atoms with van der Waals surface area (Å²) in [5, 5.41) is 3.08. The van der Waals surface area contributed by atoms with Gasteiger partial charge in [0.05, 0.1) is 19.1 Å². The molecule has 2 aliphatic rings. The van der Waals surface area contributed by atoms with Crippen LogP contribution in [0.15, 0.2) is 29.2 Å². The number of amides is 1. The highest BCUT2D eigenvalue weighted by Gasteiger charge is 2.35. The molecule has 1 atom stereocenters. The molecule has 0 aliphatic carbocycles. The van der Waals surface area contributed by atoms with Crippen molar-refractivity contribution in [3.63, 3.8) is 0 Å². The predicted molar refractivity (Wildman–Crippen MR) is 71.8 cm³/mol. The Kier molecular flexibility index (Phi) is 3.08. The first kappa shape index (κ1) is 12.1.